The van der Waals surface area contributed by atoms with E-state index in [-0.39, 0.29) is 16.7 Å². The van der Waals surface area contributed by atoms with Crippen LogP contribution in [0.15, 0.2) is 59.5 Å². The quantitative estimate of drug-likeness (QED) is 0.387. The van der Waals surface area contributed by atoms with E-state index >= 15 is 0 Å². The third-order valence-electron chi connectivity index (χ3n) is 5.09. The molecule has 10 nitrogen and oxygen atoms in total. The van der Waals surface area contributed by atoms with Gasteiger partial charge in [-0.05, 0) is 50.2 Å². The largest absolute Gasteiger partial charge is 0.465 e. The number of ether oxygens (including phenoxy) is 2. The second kappa shape index (κ2) is 9.89. The smallest absolute Gasteiger partial charge is 0.339 e. The summed E-state index contributed by atoms with van der Waals surface area (Å²) < 4.78 is 37.0. The average molecular weight is 486 g/mol. The van der Waals surface area contributed by atoms with Gasteiger partial charge in [-0.2, -0.15) is 0 Å². The molecular weight excluding hydrogens is 462 g/mol. The molecule has 0 spiro atoms. The molecule has 0 bridgehead atoms. The number of aromatic nitrogens is 1. The Morgan fingerprint density at radius 3 is 2.12 bits per heavy atom. The summed E-state index contributed by atoms with van der Waals surface area (Å²) in [4.78, 5) is 38.2. The number of benzene rings is 2. The van der Waals surface area contributed by atoms with Crippen molar-refractivity contribution in [3.63, 3.8) is 0 Å². The molecule has 0 saturated carbocycles. The van der Waals surface area contributed by atoms with Gasteiger partial charge in [0, 0.05) is 17.1 Å². The number of hydrogen-bond acceptors (Lipinski definition) is 7. The fraction of sp³-hybridized carbons (Fsp3) is 0.174. The summed E-state index contributed by atoms with van der Waals surface area (Å²) in [6, 6.07) is 14.3. The average Bonchev–Trinajstić information content (AvgIpc) is 3.15. The zero-order valence-electron chi connectivity index (χ0n) is 18.9. The topological polar surface area (TPSA) is 133 Å². The van der Waals surface area contributed by atoms with E-state index in [1.807, 2.05) is 46.7 Å². The van der Waals surface area contributed by atoms with Gasteiger partial charge in [0.25, 0.3) is 15.9 Å². The van der Waals surface area contributed by atoms with E-state index in [0.29, 0.717) is 5.69 Å². The fourth-order valence-electron chi connectivity index (χ4n) is 3.47. The van der Waals surface area contributed by atoms with Gasteiger partial charge in [-0.3, -0.25) is 10.2 Å². The molecule has 2 N–H and O–H groups in total. The van der Waals surface area contributed by atoms with Gasteiger partial charge in [0.15, 0.2) is 0 Å². The fourth-order valence-corrected chi connectivity index (χ4v) is 4.53. The highest BCUT2D eigenvalue weighted by Crippen LogP contribution is 2.22. The van der Waals surface area contributed by atoms with Gasteiger partial charge in [-0.1, -0.05) is 18.2 Å². The highest BCUT2D eigenvalue weighted by molar-refractivity contribution is 7.89. The van der Waals surface area contributed by atoms with Crippen LogP contribution in [-0.2, 0) is 19.5 Å². The minimum atomic E-state index is -4.48. The maximum Gasteiger partial charge on any atom is 0.339 e. The van der Waals surface area contributed by atoms with Crippen LogP contribution in [0.1, 0.15) is 42.5 Å². The number of methoxy groups -OCH3 is 2. The van der Waals surface area contributed by atoms with Gasteiger partial charge in [-0.15, -0.1) is 4.83 Å². The summed E-state index contributed by atoms with van der Waals surface area (Å²) in [7, 11) is -2.26. The molecule has 0 atom stereocenters. The van der Waals surface area contributed by atoms with Crippen molar-refractivity contribution in [2.75, 3.05) is 14.2 Å². The number of hydrogen-bond donors (Lipinski definition) is 2. The highest BCUT2D eigenvalue weighted by atomic mass is 32.2. The number of carbonyl (C=O) groups excluding carboxylic acids is 3. The standard InChI is InChI=1S/C23H23N3O7S/c1-14-12-19(15(2)26(14)17-8-6-5-7-9-17)21(27)24-25-34(30,31)20-13-16(22(28)32-3)10-11-18(20)23(29)33-4/h5-13,25H,1-4H3,(H,24,27). The normalized spacial score (nSPS) is 11.1. The molecule has 34 heavy (non-hydrogen) atoms. The molecule has 11 heteroatoms. The Labute approximate surface area is 196 Å². The molecule has 0 fully saturated rings. The Bertz CT molecular complexity index is 1360. The molecule has 0 unspecified atom stereocenters. The van der Waals surface area contributed by atoms with E-state index in [9.17, 15) is 22.8 Å². The number of sulfonamides is 1. The molecule has 0 aliphatic rings. The zero-order chi connectivity index (χ0) is 25.0. The van der Waals surface area contributed by atoms with Crippen LogP contribution in [0.25, 0.3) is 5.69 Å². The number of nitrogens with zero attached hydrogens (tertiary/aromatic N) is 1. The molecule has 178 valence electrons. The summed E-state index contributed by atoms with van der Waals surface area (Å²) >= 11 is 0. The SMILES string of the molecule is COC(=O)c1ccc(C(=O)OC)c(S(=O)(=O)NNC(=O)c2cc(C)n(-c3ccccc3)c2C)c1. The molecule has 2 aromatic carbocycles. The van der Waals surface area contributed by atoms with E-state index in [1.54, 1.807) is 13.0 Å². The Morgan fingerprint density at radius 1 is 0.853 bits per heavy atom. The first-order valence-electron chi connectivity index (χ1n) is 9.98. The van der Waals surface area contributed by atoms with Crippen LogP contribution in [0.2, 0.25) is 0 Å². The summed E-state index contributed by atoms with van der Waals surface area (Å²) in [5.74, 6) is -2.44. The number of aryl methyl sites for hydroxylation is 1. The van der Waals surface area contributed by atoms with Gasteiger partial charge in [0.05, 0.1) is 35.8 Å². The maximum absolute atomic E-state index is 13.0. The first-order chi connectivity index (χ1) is 16.1. The van der Waals surface area contributed by atoms with Gasteiger partial charge in [0.2, 0.25) is 0 Å². The molecule has 3 aromatic rings. The van der Waals surface area contributed by atoms with Crippen LogP contribution in [0.5, 0.6) is 0 Å². The Morgan fingerprint density at radius 2 is 1.50 bits per heavy atom. The lowest BCUT2D eigenvalue weighted by molar-refractivity contribution is 0.0583. The molecule has 0 aliphatic carbocycles. The number of hydrazine groups is 1. The number of amides is 1. The minimum Gasteiger partial charge on any atom is -0.465 e. The predicted molar refractivity (Wildman–Crippen MR) is 122 cm³/mol. The minimum absolute atomic E-state index is 0.103. The van der Waals surface area contributed by atoms with Crippen LogP contribution in [0, 0.1) is 13.8 Å². The van der Waals surface area contributed by atoms with Gasteiger partial charge < -0.3 is 14.0 Å². The summed E-state index contributed by atoms with van der Waals surface area (Å²) in [6.07, 6.45) is 0. The van der Waals surface area contributed by atoms with Gasteiger partial charge >= 0.3 is 11.9 Å². The first kappa shape index (κ1) is 24.7. The second-order valence-electron chi connectivity index (χ2n) is 7.21. The number of nitrogens with one attached hydrogen (secondary N) is 2. The lowest BCUT2D eigenvalue weighted by atomic mass is 10.1. The van der Waals surface area contributed by atoms with Crippen molar-refractivity contribution in [1.82, 2.24) is 14.8 Å². The number of rotatable bonds is 7. The highest BCUT2D eigenvalue weighted by Gasteiger charge is 2.26. The Kier molecular flexibility index (Phi) is 7.18. The van der Waals surface area contributed by atoms with Crippen LogP contribution >= 0.6 is 0 Å². The van der Waals surface area contributed by atoms with Crippen LogP contribution in [0.3, 0.4) is 0 Å². The van der Waals surface area contributed by atoms with Crippen LogP contribution in [0.4, 0.5) is 0 Å². The van der Waals surface area contributed by atoms with Crippen molar-refractivity contribution < 1.29 is 32.3 Å². The van der Waals surface area contributed by atoms with Crippen LogP contribution in [-0.4, -0.2) is 45.1 Å². The first-order valence-corrected chi connectivity index (χ1v) is 11.5. The molecule has 0 radical (unpaired) electrons. The molecular formula is C23H23N3O7S. The lowest BCUT2D eigenvalue weighted by Gasteiger charge is -2.13. The van der Waals surface area contributed by atoms with Crippen molar-refractivity contribution in [1.29, 1.82) is 0 Å². The summed E-state index contributed by atoms with van der Waals surface area (Å²) in [5.41, 5.74) is 4.21. The van der Waals surface area contributed by atoms with E-state index in [0.717, 1.165) is 37.7 Å². The monoisotopic (exact) mass is 485 g/mol. The van der Waals surface area contributed by atoms with E-state index < -0.39 is 32.8 Å². The molecule has 1 amide bonds. The Hall–Kier alpha value is -3.96. The van der Waals surface area contributed by atoms with Crippen molar-refractivity contribution >= 4 is 27.9 Å². The molecule has 3 rings (SSSR count). The third kappa shape index (κ3) is 4.85. The number of para-hydroxylation sites is 1. The van der Waals surface area contributed by atoms with E-state index in [1.165, 1.54) is 6.07 Å². The van der Waals surface area contributed by atoms with Crippen molar-refractivity contribution in [2.24, 2.45) is 0 Å². The van der Waals surface area contributed by atoms with Crippen molar-refractivity contribution in [3.05, 3.63) is 82.7 Å². The number of carbonyl (C=O) groups is 3. The molecule has 1 aromatic heterocycles. The molecule has 0 saturated heterocycles. The molecule has 1 heterocycles. The van der Waals surface area contributed by atoms with Crippen LogP contribution < -0.4 is 10.3 Å². The van der Waals surface area contributed by atoms with Crippen molar-refractivity contribution in [2.45, 2.75) is 18.7 Å². The summed E-state index contributed by atoms with van der Waals surface area (Å²) in [5, 5.41) is 0. The lowest BCUT2D eigenvalue weighted by Crippen LogP contribution is -2.42. The van der Waals surface area contributed by atoms with E-state index in [4.69, 9.17) is 0 Å². The maximum atomic E-state index is 13.0. The zero-order valence-corrected chi connectivity index (χ0v) is 19.7. The number of esters is 2. The van der Waals surface area contributed by atoms with Gasteiger partial charge in [0.1, 0.15) is 0 Å². The summed E-state index contributed by atoms with van der Waals surface area (Å²) in [6.45, 7) is 3.56. The van der Waals surface area contributed by atoms with Gasteiger partial charge in [-0.25, -0.2) is 18.0 Å². The van der Waals surface area contributed by atoms with E-state index in [2.05, 4.69) is 14.9 Å². The third-order valence-corrected chi connectivity index (χ3v) is 6.37. The predicted octanol–water partition coefficient (Wildman–Crippen LogP) is 2.29. The van der Waals surface area contributed by atoms with Crippen molar-refractivity contribution in [3.8, 4) is 5.69 Å². The molecule has 0 aliphatic heterocycles. The second-order valence-corrected chi connectivity index (χ2v) is 8.86. The Balaban J connectivity index is 1.91.